The number of aromatic nitrogens is 3. The summed E-state index contributed by atoms with van der Waals surface area (Å²) in [7, 11) is 0. The lowest BCUT2D eigenvalue weighted by Crippen LogP contribution is -2.36. The third kappa shape index (κ3) is 5.42. The average molecular weight is 387 g/mol. The molecule has 2 N–H and O–H groups in total. The first kappa shape index (κ1) is 19.6. The standard InChI is InChI=1S/C20H26N4O2S/c1-27-12-10-15(23-20(26)14-7-3-2-4-8-14)17-13-18(25)24-19(22-17)16-9-5-6-11-21-16/h5-6,9,11,13-15H,2-4,7-8,10,12H2,1H3,(H,23,26)(H,22,24,25)/t15-/m1/s1. The van der Waals surface area contributed by atoms with Gasteiger partial charge in [0.05, 0.1) is 11.7 Å². The zero-order valence-electron chi connectivity index (χ0n) is 15.6. The molecule has 0 spiro atoms. The van der Waals surface area contributed by atoms with Crippen LogP contribution in [-0.2, 0) is 4.79 Å². The van der Waals surface area contributed by atoms with Gasteiger partial charge in [-0.05, 0) is 43.4 Å². The van der Waals surface area contributed by atoms with Gasteiger partial charge < -0.3 is 10.3 Å². The Bertz CT molecular complexity index is 803. The fraction of sp³-hybridized carbons (Fsp3) is 0.500. The van der Waals surface area contributed by atoms with Crippen LogP contribution in [0.25, 0.3) is 11.5 Å². The third-order valence-electron chi connectivity index (χ3n) is 4.93. The lowest BCUT2D eigenvalue weighted by Gasteiger charge is -2.25. The molecule has 0 bridgehead atoms. The fourth-order valence-electron chi connectivity index (χ4n) is 3.46. The van der Waals surface area contributed by atoms with Crippen LogP contribution in [0, 0.1) is 5.92 Å². The Hall–Kier alpha value is -2.15. The molecule has 6 nitrogen and oxygen atoms in total. The highest BCUT2D eigenvalue weighted by Gasteiger charge is 2.25. The Labute approximate surface area is 163 Å². The molecule has 0 aliphatic heterocycles. The molecule has 1 atom stereocenters. The Morgan fingerprint density at radius 1 is 1.33 bits per heavy atom. The minimum atomic E-state index is -0.267. The van der Waals surface area contributed by atoms with Crippen LogP contribution in [0.2, 0.25) is 0 Å². The first-order valence-electron chi connectivity index (χ1n) is 9.49. The molecular weight excluding hydrogens is 360 g/mol. The van der Waals surface area contributed by atoms with E-state index in [1.165, 1.54) is 12.5 Å². The molecule has 0 unspecified atom stereocenters. The number of nitrogens with zero attached hydrogens (tertiary/aromatic N) is 2. The number of amides is 1. The van der Waals surface area contributed by atoms with Crippen molar-refractivity contribution in [1.82, 2.24) is 20.3 Å². The molecule has 1 fully saturated rings. The third-order valence-corrected chi connectivity index (χ3v) is 5.57. The molecule has 7 heteroatoms. The van der Waals surface area contributed by atoms with Gasteiger partial charge in [0.15, 0.2) is 5.82 Å². The predicted molar refractivity (Wildman–Crippen MR) is 109 cm³/mol. The average Bonchev–Trinajstić information content (AvgIpc) is 2.71. The minimum absolute atomic E-state index is 0.0767. The van der Waals surface area contributed by atoms with E-state index in [0.29, 0.717) is 17.2 Å². The molecule has 3 rings (SSSR count). The van der Waals surface area contributed by atoms with E-state index in [2.05, 4.69) is 20.3 Å². The Kier molecular flexibility index (Phi) is 7.04. The van der Waals surface area contributed by atoms with Crippen LogP contribution in [0.15, 0.2) is 35.3 Å². The van der Waals surface area contributed by atoms with Crippen LogP contribution >= 0.6 is 11.8 Å². The number of carbonyl (C=O) groups is 1. The maximum absolute atomic E-state index is 12.7. The maximum atomic E-state index is 12.7. The number of H-pyrrole nitrogens is 1. The van der Waals surface area contributed by atoms with Gasteiger partial charge >= 0.3 is 0 Å². The van der Waals surface area contributed by atoms with Crippen LogP contribution in [-0.4, -0.2) is 32.9 Å². The second-order valence-electron chi connectivity index (χ2n) is 6.91. The molecule has 0 radical (unpaired) electrons. The van der Waals surface area contributed by atoms with E-state index in [9.17, 15) is 9.59 Å². The zero-order chi connectivity index (χ0) is 19.1. The number of hydrogen-bond donors (Lipinski definition) is 2. The van der Waals surface area contributed by atoms with Crippen LogP contribution in [0.1, 0.15) is 50.3 Å². The molecule has 1 saturated carbocycles. The van der Waals surface area contributed by atoms with E-state index >= 15 is 0 Å². The van der Waals surface area contributed by atoms with Crippen molar-refractivity contribution in [2.75, 3.05) is 12.0 Å². The molecule has 2 aromatic heterocycles. The SMILES string of the molecule is CSCC[C@@H](NC(=O)C1CCCCC1)c1cc(=O)[nH]c(-c2ccccn2)n1. The molecule has 1 aliphatic rings. The number of carbonyl (C=O) groups excluding carboxylic acids is 1. The summed E-state index contributed by atoms with van der Waals surface area (Å²) >= 11 is 1.71. The number of hydrogen-bond acceptors (Lipinski definition) is 5. The zero-order valence-corrected chi connectivity index (χ0v) is 16.4. The molecule has 1 aliphatic carbocycles. The highest BCUT2D eigenvalue weighted by molar-refractivity contribution is 7.98. The number of pyridine rings is 1. The van der Waals surface area contributed by atoms with E-state index in [4.69, 9.17) is 0 Å². The maximum Gasteiger partial charge on any atom is 0.251 e. The highest BCUT2D eigenvalue weighted by atomic mass is 32.2. The normalized spacial score (nSPS) is 16.0. The minimum Gasteiger partial charge on any atom is -0.347 e. The van der Waals surface area contributed by atoms with Gasteiger partial charge in [-0.3, -0.25) is 14.6 Å². The van der Waals surface area contributed by atoms with Crippen molar-refractivity contribution in [3.63, 3.8) is 0 Å². The van der Waals surface area contributed by atoms with Crippen molar-refractivity contribution in [3.8, 4) is 11.5 Å². The van der Waals surface area contributed by atoms with Gasteiger partial charge in [0, 0.05) is 18.2 Å². The van der Waals surface area contributed by atoms with Gasteiger partial charge in [-0.25, -0.2) is 4.98 Å². The van der Waals surface area contributed by atoms with Gasteiger partial charge in [0.25, 0.3) is 5.56 Å². The molecule has 27 heavy (non-hydrogen) atoms. The number of nitrogens with one attached hydrogen (secondary N) is 2. The number of aromatic amines is 1. The topological polar surface area (TPSA) is 87.7 Å². The predicted octanol–water partition coefficient (Wildman–Crippen LogP) is 3.32. The quantitative estimate of drug-likeness (QED) is 0.762. The van der Waals surface area contributed by atoms with Crippen LogP contribution < -0.4 is 10.9 Å². The summed E-state index contributed by atoms with van der Waals surface area (Å²) in [4.78, 5) is 36.6. The van der Waals surface area contributed by atoms with Gasteiger partial charge in [0.1, 0.15) is 5.69 Å². The van der Waals surface area contributed by atoms with E-state index in [1.807, 2.05) is 18.4 Å². The smallest absolute Gasteiger partial charge is 0.251 e. The van der Waals surface area contributed by atoms with Crippen molar-refractivity contribution in [1.29, 1.82) is 0 Å². The largest absolute Gasteiger partial charge is 0.347 e. The lowest BCUT2D eigenvalue weighted by molar-refractivity contribution is -0.126. The second-order valence-corrected chi connectivity index (χ2v) is 7.90. The first-order chi connectivity index (χ1) is 13.2. The number of thioether (sulfide) groups is 1. The van der Waals surface area contributed by atoms with Crippen molar-refractivity contribution in [2.45, 2.75) is 44.6 Å². The summed E-state index contributed by atoms with van der Waals surface area (Å²) in [6.07, 6.45) is 9.76. The highest BCUT2D eigenvalue weighted by Crippen LogP contribution is 2.25. The van der Waals surface area contributed by atoms with Crippen LogP contribution in [0.4, 0.5) is 0 Å². The summed E-state index contributed by atoms with van der Waals surface area (Å²) in [5.41, 5.74) is 0.970. The van der Waals surface area contributed by atoms with E-state index in [-0.39, 0.29) is 23.4 Å². The number of rotatable bonds is 7. The summed E-state index contributed by atoms with van der Waals surface area (Å²) in [5, 5.41) is 3.16. The molecule has 2 heterocycles. The fourth-order valence-corrected chi connectivity index (χ4v) is 3.93. The molecule has 1 amide bonds. The van der Waals surface area contributed by atoms with E-state index in [0.717, 1.165) is 37.9 Å². The molecular formula is C20H26N4O2S. The lowest BCUT2D eigenvalue weighted by atomic mass is 9.88. The van der Waals surface area contributed by atoms with Crippen molar-refractivity contribution < 1.29 is 4.79 Å². The van der Waals surface area contributed by atoms with Crippen molar-refractivity contribution in [2.24, 2.45) is 5.92 Å². The van der Waals surface area contributed by atoms with Crippen LogP contribution in [0.3, 0.4) is 0 Å². The summed E-state index contributed by atoms with van der Waals surface area (Å²) in [5.74, 6) is 1.47. The van der Waals surface area contributed by atoms with Crippen LogP contribution in [0.5, 0.6) is 0 Å². The summed E-state index contributed by atoms with van der Waals surface area (Å²) in [6.45, 7) is 0. The molecule has 0 saturated heterocycles. The monoisotopic (exact) mass is 386 g/mol. The molecule has 0 aromatic carbocycles. The molecule has 144 valence electrons. The van der Waals surface area contributed by atoms with E-state index in [1.54, 1.807) is 24.0 Å². The van der Waals surface area contributed by atoms with E-state index < -0.39 is 0 Å². The summed E-state index contributed by atoms with van der Waals surface area (Å²) in [6, 6.07) is 6.69. The van der Waals surface area contributed by atoms with Gasteiger partial charge in [-0.1, -0.05) is 25.3 Å². The van der Waals surface area contributed by atoms with Crippen molar-refractivity contribution in [3.05, 3.63) is 46.5 Å². The van der Waals surface area contributed by atoms with Gasteiger partial charge in [-0.2, -0.15) is 11.8 Å². The molecule has 2 aromatic rings. The Balaban J connectivity index is 1.84. The second kappa shape index (κ2) is 9.69. The van der Waals surface area contributed by atoms with Gasteiger partial charge in [-0.15, -0.1) is 0 Å². The van der Waals surface area contributed by atoms with Gasteiger partial charge in [0.2, 0.25) is 5.91 Å². The Morgan fingerprint density at radius 2 is 2.15 bits per heavy atom. The van der Waals surface area contributed by atoms with Crippen molar-refractivity contribution >= 4 is 17.7 Å². The first-order valence-corrected chi connectivity index (χ1v) is 10.9. The Morgan fingerprint density at radius 3 is 2.85 bits per heavy atom. The summed E-state index contributed by atoms with van der Waals surface area (Å²) < 4.78 is 0.